The molecule has 11 heteroatoms. The van der Waals surface area contributed by atoms with Crippen LogP contribution in [0.5, 0.6) is 17.5 Å². The highest BCUT2D eigenvalue weighted by atomic mass is 19.1. The van der Waals surface area contributed by atoms with Gasteiger partial charge in [0.05, 0.1) is 37.1 Å². The first kappa shape index (κ1) is 30.8. The number of nitrogens with zero attached hydrogens (tertiary/aromatic N) is 4. The molecule has 3 aromatic carbocycles. The number of halogens is 2. The van der Waals surface area contributed by atoms with Crippen molar-refractivity contribution in [3.05, 3.63) is 47.5 Å². The molecule has 1 aliphatic carbocycles. The number of methoxy groups -OCH3 is 1. The summed E-state index contributed by atoms with van der Waals surface area (Å²) >= 11 is 0. The largest absolute Gasteiger partial charge is 0.508 e. The number of terminal acetylenes is 1. The lowest BCUT2D eigenvalue weighted by atomic mass is 9.92. The molecule has 0 amide bonds. The minimum atomic E-state index is -0.690. The van der Waals surface area contributed by atoms with Crippen LogP contribution in [0.1, 0.15) is 44.1 Å². The van der Waals surface area contributed by atoms with Crippen molar-refractivity contribution in [2.75, 3.05) is 51.3 Å². The summed E-state index contributed by atoms with van der Waals surface area (Å²) in [6.07, 6.45) is 12.9. The third-order valence-corrected chi connectivity index (χ3v) is 11.2. The van der Waals surface area contributed by atoms with Crippen LogP contribution in [0.25, 0.3) is 32.8 Å². The van der Waals surface area contributed by atoms with Crippen LogP contribution in [-0.4, -0.2) is 90.7 Å². The van der Waals surface area contributed by atoms with Gasteiger partial charge in [-0.05, 0) is 68.2 Å². The molecular formula is C38H39F2N5O4. The molecule has 254 valence electrons. The van der Waals surface area contributed by atoms with Crippen molar-refractivity contribution in [2.45, 2.75) is 62.8 Å². The van der Waals surface area contributed by atoms with E-state index in [1.165, 1.54) is 31.4 Å². The molecular weight excluding hydrogens is 628 g/mol. The van der Waals surface area contributed by atoms with Gasteiger partial charge in [0, 0.05) is 66.6 Å². The molecule has 5 aliphatic rings. The number of fused-ring (bicyclic) bond motifs is 6. The third-order valence-electron chi connectivity index (χ3n) is 11.2. The SMILES string of the molecule is C#Cc1c(F)ccc2cc(O)cc(-c3c(OC)cc4c(N5CC6CCC(C5)N6)nc(OCC5(CN6CC7CCC(C6)O7)CC5)nc4c3F)c12. The van der Waals surface area contributed by atoms with E-state index in [2.05, 4.69) is 21.0 Å². The number of ether oxygens (including phenoxy) is 3. The summed E-state index contributed by atoms with van der Waals surface area (Å²) in [4.78, 5) is 14.4. The third kappa shape index (κ3) is 5.41. The second kappa shape index (κ2) is 11.7. The van der Waals surface area contributed by atoms with Crippen molar-refractivity contribution < 1.29 is 28.1 Å². The molecule has 4 bridgehead atoms. The van der Waals surface area contributed by atoms with Crippen molar-refractivity contribution >= 4 is 27.5 Å². The summed E-state index contributed by atoms with van der Waals surface area (Å²) < 4.78 is 50.6. The average molecular weight is 668 g/mol. The van der Waals surface area contributed by atoms with Gasteiger partial charge in [0.15, 0.2) is 5.82 Å². The highest BCUT2D eigenvalue weighted by Crippen LogP contribution is 2.48. The first-order valence-electron chi connectivity index (χ1n) is 17.3. The molecule has 9 rings (SSSR count). The number of aromatic nitrogens is 2. The van der Waals surface area contributed by atoms with Crippen LogP contribution in [0.4, 0.5) is 14.6 Å². The van der Waals surface area contributed by atoms with E-state index in [0.29, 0.717) is 52.9 Å². The Bertz CT molecular complexity index is 2010. The van der Waals surface area contributed by atoms with Gasteiger partial charge in [-0.3, -0.25) is 4.90 Å². The van der Waals surface area contributed by atoms with Gasteiger partial charge in [0.25, 0.3) is 0 Å². The maximum absolute atomic E-state index is 17.3. The number of morpholine rings is 1. The minimum Gasteiger partial charge on any atom is -0.508 e. The Balaban J connectivity index is 1.15. The zero-order valence-corrected chi connectivity index (χ0v) is 27.5. The van der Waals surface area contributed by atoms with Crippen LogP contribution in [0, 0.1) is 29.4 Å². The number of phenolic OH excluding ortho intramolecular Hbond substituents is 1. The van der Waals surface area contributed by atoms with E-state index in [4.69, 9.17) is 30.6 Å². The van der Waals surface area contributed by atoms with Gasteiger partial charge in [-0.15, -0.1) is 6.42 Å². The molecule has 1 aromatic heterocycles. The standard InChI is InChI=1S/C38H39F2N5O4/c1-3-27-30(39)9-4-21-12-24(46)13-28(32(21)27)33-31(47-2)14-29-35(34(33)40)42-37(43-36(29)45-15-22-5-6-23(16-45)41-22)48-20-38(10-11-38)19-44-17-25-7-8-26(18-44)49-25/h1,4,9,12-14,22-23,25-26,41,46H,5-8,10-11,15-20H2,2H3. The molecule has 0 spiro atoms. The Hall–Kier alpha value is -4.24. The Labute approximate surface area is 283 Å². The number of aromatic hydroxyl groups is 1. The van der Waals surface area contributed by atoms with Gasteiger partial charge in [0.2, 0.25) is 0 Å². The van der Waals surface area contributed by atoms with E-state index in [-0.39, 0.29) is 45.1 Å². The van der Waals surface area contributed by atoms with Crippen LogP contribution in [0.3, 0.4) is 0 Å². The molecule has 9 nitrogen and oxygen atoms in total. The molecule has 1 saturated carbocycles. The number of phenols is 1. The van der Waals surface area contributed by atoms with Crippen LogP contribution in [0.15, 0.2) is 30.3 Å². The lowest BCUT2D eigenvalue weighted by Crippen LogP contribution is -2.51. The van der Waals surface area contributed by atoms with Crippen molar-refractivity contribution in [1.82, 2.24) is 20.2 Å². The Morgan fingerprint density at radius 2 is 1.80 bits per heavy atom. The van der Waals surface area contributed by atoms with Crippen molar-refractivity contribution in [3.8, 4) is 41.0 Å². The van der Waals surface area contributed by atoms with Gasteiger partial charge in [0.1, 0.15) is 28.7 Å². The Morgan fingerprint density at radius 1 is 1.04 bits per heavy atom. The molecule has 5 fully saturated rings. The predicted molar refractivity (Wildman–Crippen MR) is 182 cm³/mol. The molecule has 49 heavy (non-hydrogen) atoms. The van der Waals surface area contributed by atoms with E-state index in [1.807, 2.05) is 0 Å². The lowest BCUT2D eigenvalue weighted by Gasteiger charge is -2.35. The first-order chi connectivity index (χ1) is 23.8. The number of likely N-dealkylation sites (tertiary alicyclic amines) is 1. The van der Waals surface area contributed by atoms with E-state index in [1.54, 1.807) is 6.07 Å². The number of piperazine rings is 1. The number of rotatable bonds is 8. The van der Waals surface area contributed by atoms with Gasteiger partial charge in [-0.25, -0.2) is 8.78 Å². The zero-order valence-electron chi connectivity index (χ0n) is 27.5. The van der Waals surface area contributed by atoms with Crippen LogP contribution < -0.4 is 19.7 Å². The topological polar surface area (TPSA) is 92.2 Å². The Morgan fingerprint density at radius 3 is 2.49 bits per heavy atom. The Kier molecular flexibility index (Phi) is 7.34. The highest BCUT2D eigenvalue weighted by molar-refractivity contribution is 6.05. The number of benzene rings is 3. The van der Waals surface area contributed by atoms with Crippen molar-refractivity contribution in [3.63, 3.8) is 0 Å². The molecule has 0 radical (unpaired) electrons. The lowest BCUT2D eigenvalue weighted by molar-refractivity contribution is -0.0460. The zero-order chi connectivity index (χ0) is 33.4. The second-order valence-corrected chi connectivity index (χ2v) is 14.6. The van der Waals surface area contributed by atoms with Crippen LogP contribution >= 0.6 is 0 Å². The minimum absolute atomic E-state index is 0.00318. The first-order valence-corrected chi connectivity index (χ1v) is 17.3. The fourth-order valence-electron chi connectivity index (χ4n) is 8.66. The van der Waals surface area contributed by atoms with Gasteiger partial charge >= 0.3 is 6.01 Å². The maximum atomic E-state index is 17.3. The van der Waals surface area contributed by atoms with Crippen LogP contribution in [0.2, 0.25) is 0 Å². The molecule has 4 unspecified atom stereocenters. The van der Waals surface area contributed by atoms with E-state index in [0.717, 1.165) is 71.2 Å². The summed E-state index contributed by atoms with van der Waals surface area (Å²) in [5.41, 5.74) is 0.267. The van der Waals surface area contributed by atoms with Crippen molar-refractivity contribution in [1.29, 1.82) is 0 Å². The smallest absolute Gasteiger partial charge is 0.319 e. The molecule has 4 saturated heterocycles. The van der Waals surface area contributed by atoms with Gasteiger partial charge in [-0.1, -0.05) is 12.0 Å². The summed E-state index contributed by atoms with van der Waals surface area (Å²) in [6, 6.07) is 8.10. The average Bonchev–Trinajstić information content (AvgIpc) is 3.66. The van der Waals surface area contributed by atoms with Crippen molar-refractivity contribution in [2.24, 2.45) is 5.41 Å². The summed E-state index contributed by atoms with van der Waals surface area (Å²) in [6.45, 7) is 4.71. The fourth-order valence-corrected chi connectivity index (χ4v) is 8.66. The second-order valence-electron chi connectivity index (χ2n) is 14.6. The number of hydrogen-bond donors (Lipinski definition) is 2. The summed E-state index contributed by atoms with van der Waals surface area (Å²) in [7, 11) is 1.45. The predicted octanol–water partition coefficient (Wildman–Crippen LogP) is 5.39. The van der Waals surface area contributed by atoms with E-state index in [9.17, 15) is 5.11 Å². The quantitative estimate of drug-likeness (QED) is 0.240. The van der Waals surface area contributed by atoms with Gasteiger partial charge in [-0.2, -0.15) is 9.97 Å². The normalized spacial score (nSPS) is 25.6. The molecule has 4 aromatic rings. The molecule has 5 heterocycles. The monoisotopic (exact) mass is 667 g/mol. The summed E-state index contributed by atoms with van der Waals surface area (Å²) in [5.74, 6) is 1.78. The maximum Gasteiger partial charge on any atom is 0.319 e. The summed E-state index contributed by atoms with van der Waals surface area (Å²) in [5, 5.41) is 15.6. The van der Waals surface area contributed by atoms with E-state index < -0.39 is 11.6 Å². The van der Waals surface area contributed by atoms with Gasteiger partial charge < -0.3 is 29.5 Å². The number of hydrogen-bond acceptors (Lipinski definition) is 9. The molecule has 4 aliphatic heterocycles. The highest BCUT2D eigenvalue weighted by Gasteiger charge is 2.47. The van der Waals surface area contributed by atoms with E-state index >= 15 is 8.78 Å². The number of nitrogens with one attached hydrogen (secondary N) is 1. The molecule has 4 atom stereocenters. The number of anilines is 1. The van der Waals surface area contributed by atoms with Crippen LogP contribution in [-0.2, 0) is 4.74 Å². The fraction of sp³-hybridized carbons (Fsp3) is 0.474. The molecule has 2 N–H and O–H groups in total.